The normalized spacial score (nSPS) is 16.0. The Hall–Kier alpha value is -0.200. The van der Waals surface area contributed by atoms with E-state index in [4.69, 9.17) is 16.6 Å². The maximum atomic E-state index is 9.34. The number of nitrogens with one attached hydrogen (secondary N) is 1. The molecule has 0 radical (unpaired) electrons. The van der Waals surface area contributed by atoms with E-state index in [1.54, 1.807) is 0 Å². The van der Waals surface area contributed by atoms with Crippen molar-refractivity contribution in [3.8, 4) is 0 Å². The molecule has 7 N–H and O–H groups in total. The zero-order valence-electron chi connectivity index (χ0n) is 7.24. The lowest BCUT2D eigenvalue weighted by atomic mass is 10.1. The summed E-state index contributed by atoms with van der Waals surface area (Å²) >= 11 is 0. The van der Waals surface area contributed by atoms with Crippen LogP contribution in [0.15, 0.2) is 0 Å². The lowest BCUT2D eigenvalue weighted by Crippen LogP contribution is -2.43. The van der Waals surface area contributed by atoms with Crippen molar-refractivity contribution in [2.45, 2.75) is 18.6 Å². The number of hydrogen-bond donors (Lipinski definition) is 5. The quantitative estimate of drug-likeness (QED) is 0.279. The van der Waals surface area contributed by atoms with Crippen LogP contribution in [0, 0.1) is 0 Å². The minimum absolute atomic E-state index is 0.00904. The second kappa shape index (κ2) is 7.45. The van der Waals surface area contributed by atoms with E-state index < -0.39 is 6.10 Å². The van der Waals surface area contributed by atoms with Crippen LogP contribution in [0.1, 0.15) is 6.42 Å². The molecular formula is C7H19N3O2. The Bertz CT molecular complexity index is 103. The highest BCUT2D eigenvalue weighted by atomic mass is 16.3. The molecule has 0 saturated heterocycles. The van der Waals surface area contributed by atoms with Gasteiger partial charge in [-0.3, -0.25) is 0 Å². The van der Waals surface area contributed by atoms with Crippen molar-refractivity contribution in [3.63, 3.8) is 0 Å². The Morgan fingerprint density at radius 1 is 1.42 bits per heavy atom. The smallest absolute Gasteiger partial charge is 0.0816 e. The molecule has 0 rings (SSSR count). The Labute approximate surface area is 72.7 Å². The van der Waals surface area contributed by atoms with Crippen LogP contribution in [0.3, 0.4) is 0 Å². The van der Waals surface area contributed by atoms with Gasteiger partial charge >= 0.3 is 0 Å². The third-order valence-electron chi connectivity index (χ3n) is 1.63. The number of aliphatic hydroxyl groups is 2. The molecule has 0 aliphatic heterocycles. The Morgan fingerprint density at radius 3 is 2.58 bits per heavy atom. The highest BCUT2D eigenvalue weighted by molar-refractivity contribution is 4.73. The Morgan fingerprint density at radius 2 is 2.08 bits per heavy atom. The highest BCUT2D eigenvalue weighted by Gasteiger charge is 2.12. The summed E-state index contributed by atoms with van der Waals surface area (Å²) < 4.78 is 0. The second-order valence-corrected chi connectivity index (χ2v) is 2.74. The van der Waals surface area contributed by atoms with Crippen molar-refractivity contribution < 1.29 is 10.2 Å². The highest BCUT2D eigenvalue weighted by Crippen LogP contribution is 1.93. The molecule has 0 aliphatic carbocycles. The van der Waals surface area contributed by atoms with E-state index >= 15 is 0 Å². The second-order valence-electron chi connectivity index (χ2n) is 2.74. The predicted molar refractivity (Wildman–Crippen MR) is 47.6 cm³/mol. The minimum Gasteiger partial charge on any atom is -0.396 e. The van der Waals surface area contributed by atoms with Gasteiger partial charge in [0.05, 0.1) is 6.10 Å². The summed E-state index contributed by atoms with van der Waals surface area (Å²) in [5.41, 5.74) is 10.8. The Balaban J connectivity index is 3.35. The summed E-state index contributed by atoms with van der Waals surface area (Å²) in [5, 5.41) is 20.8. The summed E-state index contributed by atoms with van der Waals surface area (Å²) in [6.07, 6.45) is -0.186. The van der Waals surface area contributed by atoms with E-state index in [9.17, 15) is 5.11 Å². The molecule has 74 valence electrons. The average molecular weight is 177 g/mol. The van der Waals surface area contributed by atoms with E-state index in [0.717, 1.165) is 0 Å². The molecule has 0 saturated carbocycles. The van der Waals surface area contributed by atoms with E-state index in [1.807, 2.05) is 0 Å². The van der Waals surface area contributed by atoms with Crippen molar-refractivity contribution in [2.24, 2.45) is 11.5 Å². The molecule has 2 unspecified atom stereocenters. The molecular weight excluding hydrogens is 158 g/mol. The lowest BCUT2D eigenvalue weighted by molar-refractivity contribution is 0.126. The summed E-state index contributed by atoms with van der Waals surface area (Å²) in [6, 6.07) is -0.361. The van der Waals surface area contributed by atoms with Crippen molar-refractivity contribution in [2.75, 3.05) is 26.2 Å². The molecule has 5 nitrogen and oxygen atoms in total. The van der Waals surface area contributed by atoms with E-state index in [-0.39, 0.29) is 12.6 Å². The standard InChI is InChI=1S/C7H19N3O2/c8-2-3-10-5-7(12)6(9)1-4-11/h6-7,10-12H,1-5,8-9H2. The molecule has 0 aromatic carbocycles. The van der Waals surface area contributed by atoms with Crippen LogP contribution in [0.4, 0.5) is 0 Å². The summed E-state index contributed by atoms with van der Waals surface area (Å²) in [6.45, 7) is 1.65. The Kier molecular flexibility index (Phi) is 7.33. The van der Waals surface area contributed by atoms with Gasteiger partial charge in [-0.25, -0.2) is 0 Å². The third kappa shape index (κ3) is 5.45. The zero-order chi connectivity index (χ0) is 9.40. The van der Waals surface area contributed by atoms with Crippen molar-refractivity contribution >= 4 is 0 Å². The molecule has 0 heterocycles. The maximum absolute atomic E-state index is 9.34. The van der Waals surface area contributed by atoms with Crippen LogP contribution in [-0.4, -0.2) is 48.6 Å². The van der Waals surface area contributed by atoms with Gasteiger partial charge < -0.3 is 27.0 Å². The first-order valence-electron chi connectivity index (χ1n) is 4.17. The van der Waals surface area contributed by atoms with Crippen LogP contribution in [0.2, 0.25) is 0 Å². The van der Waals surface area contributed by atoms with Gasteiger partial charge in [-0.2, -0.15) is 0 Å². The summed E-state index contributed by atoms with van der Waals surface area (Å²) in [4.78, 5) is 0. The van der Waals surface area contributed by atoms with Gasteiger partial charge in [0.1, 0.15) is 0 Å². The molecule has 0 bridgehead atoms. The molecule has 0 spiro atoms. The molecule has 2 atom stereocenters. The molecule has 5 heteroatoms. The lowest BCUT2D eigenvalue weighted by Gasteiger charge is -2.17. The van der Waals surface area contributed by atoms with Gasteiger partial charge in [0.2, 0.25) is 0 Å². The van der Waals surface area contributed by atoms with Crippen molar-refractivity contribution in [1.82, 2.24) is 5.32 Å². The predicted octanol–water partition coefficient (Wildman–Crippen LogP) is -2.39. The monoisotopic (exact) mass is 177 g/mol. The van der Waals surface area contributed by atoms with Gasteiger partial charge in [-0.15, -0.1) is 0 Å². The van der Waals surface area contributed by atoms with Gasteiger partial charge in [0.25, 0.3) is 0 Å². The van der Waals surface area contributed by atoms with Crippen LogP contribution in [0.25, 0.3) is 0 Å². The number of aliphatic hydroxyl groups excluding tert-OH is 2. The summed E-state index contributed by atoms with van der Waals surface area (Å²) in [5.74, 6) is 0. The van der Waals surface area contributed by atoms with Crippen LogP contribution >= 0.6 is 0 Å². The topological polar surface area (TPSA) is 105 Å². The summed E-state index contributed by atoms with van der Waals surface area (Å²) in [7, 11) is 0. The molecule has 12 heavy (non-hydrogen) atoms. The van der Waals surface area contributed by atoms with E-state index in [1.165, 1.54) is 0 Å². The van der Waals surface area contributed by atoms with Gasteiger partial charge in [0, 0.05) is 32.3 Å². The van der Waals surface area contributed by atoms with Gasteiger partial charge in [0.15, 0.2) is 0 Å². The fourth-order valence-electron chi connectivity index (χ4n) is 0.845. The van der Waals surface area contributed by atoms with E-state index in [0.29, 0.717) is 26.1 Å². The fourth-order valence-corrected chi connectivity index (χ4v) is 0.845. The van der Waals surface area contributed by atoms with Crippen LogP contribution in [-0.2, 0) is 0 Å². The number of nitrogens with two attached hydrogens (primary N) is 2. The average Bonchev–Trinajstić information content (AvgIpc) is 2.05. The van der Waals surface area contributed by atoms with Crippen LogP contribution < -0.4 is 16.8 Å². The SMILES string of the molecule is NCCNCC(O)C(N)CCO. The van der Waals surface area contributed by atoms with Crippen molar-refractivity contribution in [3.05, 3.63) is 0 Å². The first-order valence-corrected chi connectivity index (χ1v) is 4.17. The minimum atomic E-state index is -0.608. The fraction of sp³-hybridized carbons (Fsp3) is 1.00. The van der Waals surface area contributed by atoms with Crippen LogP contribution in [0.5, 0.6) is 0 Å². The van der Waals surface area contributed by atoms with E-state index in [2.05, 4.69) is 5.32 Å². The molecule has 0 amide bonds. The molecule has 0 fully saturated rings. The molecule has 0 aromatic heterocycles. The van der Waals surface area contributed by atoms with Gasteiger partial charge in [-0.1, -0.05) is 0 Å². The largest absolute Gasteiger partial charge is 0.396 e. The maximum Gasteiger partial charge on any atom is 0.0816 e. The van der Waals surface area contributed by atoms with Crippen molar-refractivity contribution in [1.29, 1.82) is 0 Å². The zero-order valence-corrected chi connectivity index (χ0v) is 7.24. The number of hydrogen-bond acceptors (Lipinski definition) is 5. The first kappa shape index (κ1) is 11.8. The first-order chi connectivity index (χ1) is 5.72. The molecule has 0 aliphatic rings. The number of rotatable bonds is 7. The third-order valence-corrected chi connectivity index (χ3v) is 1.63. The molecule has 0 aromatic rings. The van der Waals surface area contributed by atoms with Gasteiger partial charge in [-0.05, 0) is 6.42 Å².